The van der Waals surface area contributed by atoms with E-state index < -0.39 is 10.0 Å². The van der Waals surface area contributed by atoms with Crippen LogP contribution in [-0.2, 0) is 20.5 Å². The average Bonchev–Trinajstić information content (AvgIpc) is 2.96. The van der Waals surface area contributed by atoms with Crippen molar-refractivity contribution >= 4 is 16.1 Å². The second-order valence-electron chi connectivity index (χ2n) is 6.18. The van der Waals surface area contributed by atoms with Crippen molar-refractivity contribution in [3.8, 4) is 0 Å². The third-order valence-corrected chi connectivity index (χ3v) is 6.37. The molecule has 0 unspecified atom stereocenters. The van der Waals surface area contributed by atoms with Crippen LogP contribution >= 0.6 is 0 Å². The van der Waals surface area contributed by atoms with Crippen LogP contribution in [0.3, 0.4) is 0 Å². The number of nitrogens with zero attached hydrogens (tertiary/aromatic N) is 2. The highest BCUT2D eigenvalue weighted by atomic mass is 32.2. The largest absolute Gasteiger partial charge is 0.448 e. The van der Waals surface area contributed by atoms with E-state index in [-0.39, 0.29) is 17.9 Å². The van der Waals surface area contributed by atoms with Crippen LogP contribution in [0.2, 0.25) is 0 Å². The van der Waals surface area contributed by atoms with E-state index in [2.05, 4.69) is 0 Å². The van der Waals surface area contributed by atoms with Crippen LogP contribution in [0.1, 0.15) is 24.0 Å². The molecule has 7 heteroatoms. The highest BCUT2D eigenvalue weighted by Crippen LogP contribution is 2.23. The lowest BCUT2D eigenvalue weighted by atomic mass is 10.1. The van der Waals surface area contributed by atoms with Crippen molar-refractivity contribution in [2.24, 2.45) is 0 Å². The molecule has 0 radical (unpaired) electrons. The number of carbonyl (C=O) groups is 1. The Balaban J connectivity index is 1.59. The monoisotopic (exact) mass is 338 g/mol. The van der Waals surface area contributed by atoms with Crippen molar-refractivity contribution in [2.45, 2.75) is 31.6 Å². The number of hydrogen-bond acceptors (Lipinski definition) is 4. The Morgan fingerprint density at radius 2 is 1.78 bits per heavy atom. The molecule has 2 saturated heterocycles. The number of benzene rings is 1. The zero-order valence-corrected chi connectivity index (χ0v) is 14.1. The standard InChI is InChI=1S/C16H22N2O4S/c1-13-2-4-14(5-3-13)12-23(20,21)17-8-6-15(7-9-17)18-10-11-22-16(18)19/h2-5,15H,6-12H2,1H3. The fourth-order valence-corrected chi connectivity index (χ4v) is 4.72. The molecule has 2 heterocycles. The average molecular weight is 338 g/mol. The molecule has 2 fully saturated rings. The molecule has 0 spiro atoms. The molecule has 1 aromatic rings. The Kier molecular flexibility index (Phi) is 4.59. The molecule has 1 amide bonds. The van der Waals surface area contributed by atoms with Crippen molar-refractivity contribution in [3.63, 3.8) is 0 Å². The Bertz CT molecular complexity index is 664. The molecule has 0 atom stereocenters. The van der Waals surface area contributed by atoms with Crippen LogP contribution in [0.15, 0.2) is 24.3 Å². The minimum atomic E-state index is -3.31. The number of piperidine rings is 1. The summed E-state index contributed by atoms with van der Waals surface area (Å²) in [5.74, 6) is 0.0315. The SMILES string of the molecule is Cc1ccc(CS(=O)(=O)N2CCC(N3CCOC3=O)CC2)cc1. The van der Waals surface area contributed by atoms with Crippen molar-refractivity contribution in [1.82, 2.24) is 9.21 Å². The van der Waals surface area contributed by atoms with Crippen LogP contribution in [0, 0.1) is 6.92 Å². The van der Waals surface area contributed by atoms with Crippen molar-refractivity contribution < 1.29 is 17.9 Å². The molecule has 0 saturated carbocycles. The molecule has 1 aromatic carbocycles. The molecule has 0 aliphatic carbocycles. The van der Waals surface area contributed by atoms with Gasteiger partial charge in [0.1, 0.15) is 6.61 Å². The van der Waals surface area contributed by atoms with Gasteiger partial charge in [0.2, 0.25) is 10.0 Å². The Morgan fingerprint density at radius 1 is 1.13 bits per heavy atom. The van der Waals surface area contributed by atoms with Gasteiger partial charge in [-0.2, -0.15) is 0 Å². The van der Waals surface area contributed by atoms with Crippen LogP contribution in [-0.4, -0.2) is 56.0 Å². The number of aryl methyl sites for hydroxylation is 1. The highest BCUT2D eigenvalue weighted by molar-refractivity contribution is 7.88. The number of carbonyl (C=O) groups excluding carboxylic acids is 1. The number of rotatable bonds is 4. The fraction of sp³-hybridized carbons (Fsp3) is 0.562. The van der Waals surface area contributed by atoms with Gasteiger partial charge in [-0.1, -0.05) is 29.8 Å². The third kappa shape index (κ3) is 3.67. The summed E-state index contributed by atoms with van der Waals surface area (Å²) in [5, 5.41) is 0. The second-order valence-corrected chi connectivity index (χ2v) is 8.15. The van der Waals surface area contributed by atoms with E-state index in [4.69, 9.17) is 4.74 Å². The topological polar surface area (TPSA) is 66.9 Å². The summed E-state index contributed by atoms with van der Waals surface area (Å²) in [6.07, 6.45) is 1.07. The summed E-state index contributed by atoms with van der Waals surface area (Å²) < 4.78 is 31.6. The van der Waals surface area contributed by atoms with Gasteiger partial charge in [0.15, 0.2) is 0 Å². The van der Waals surface area contributed by atoms with Gasteiger partial charge in [-0.25, -0.2) is 17.5 Å². The minimum absolute atomic E-state index is 0.0315. The van der Waals surface area contributed by atoms with Gasteiger partial charge >= 0.3 is 6.09 Å². The maximum Gasteiger partial charge on any atom is 0.410 e. The zero-order valence-electron chi connectivity index (χ0n) is 13.3. The van der Waals surface area contributed by atoms with E-state index in [1.807, 2.05) is 31.2 Å². The summed E-state index contributed by atoms with van der Waals surface area (Å²) in [5.41, 5.74) is 1.92. The van der Waals surface area contributed by atoms with Gasteiger partial charge in [-0.15, -0.1) is 0 Å². The van der Waals surface area contributed by atoms with E-state index in [0.29, 0.717) is 39.1 Å². The van der Waals surface area contributed by atoms with Gasteiger partial charge < -0.3 is 9.64 Å². The molecule has 6 nitrogen and oxygen atoms in total. The lowest BCUT2D eigenvalue weighted by Crippen LogP contribution is -2.47. The first kappa shape index (κ1) is 16.3. The summed E-state index contributed by atoms with van der Waals surface area (Å²) in [6, 6.07) is 7.67. The first-order valence-electron chi connectivity index (χ1n) is 7.92. The number of cyclic esters (lactones) is 1. The molecular weight excluding hydrogens is 316 g/mol. The predicted octanol–water partition coefficient (Wildman–Crippen LogP) is 1.74. The predicted molar refractivity (Wildman–Crippen MR) is 86.5 cm³/mol. The van der Waals surface area contributed by atoms with Crippen LogP contribution in [0.5, 0.6) is 0 Å². The van der Waals surface area contributed by atoms with Gasteiger partial charge in [0.05, 0.1) is 12.3 Å². The van der Waals surface area contributed by atoms with Gasteiger partial charge in [-0.3, -0.25) is 0 Å². The van der Waals surface area contributed by atoms with Crippen LogP contribution in [0.25, 0.3) is 0 Å². The van der Waals surface area contributed by atoms with E-state index in [1.54, 1.807) is 9.21 Å². The number of amides is 1. The third-order valence-electron chi connectivity index (χ3n) is 4.52. The van der Waals surface area contributed by atoms with Crippen LogP contribution < -0.4 is 0 Å². The first-order valence-corrected chi connectivity index (χ1v) is 9.53. The van der Waals surface area contributed by atoms with Crippen molar-refractivity contribution in [3.05, 3.63) is 35.4 Å². The van der Waals surface area contributed by atoms with E-state index in [9.17, 15) is 13.2 Å². The number of hydrogen-bond donors (Lipinski definition) is 0. The summed E-state index contributed by atoms with van der Waals surface area (Å²) in [4.78, 5) is 13.3. The van der Waals surface area contributed by atoms with Gasteiger partial charge in [0, 0.05) is 19.1 Å². The minimum Gasteiger partial charge on any atom is -0.448 e. The normalized spacial score (nSPS) is 20.7. The maximum atomic E-state index is 12.6. The lowest BCUT2D eigenvalue weighted by molar-refractivity contribution is 0.134. The molecule has 0 N–H and O–H groups in total. The fourth-order valence-electron chi connectivity index (χ4n) is 3.16. The molecule has 0 bridgehead atoms. The highest BCUT2D eigenvalue weighted by Gasteiger charge is 2.35. The van der Waals surface area contributed by atoms with Crippen molar-refractivity contribution in [2.75, 3.05) is 26.2 Å². The molecule has 2 aliphatic rings. The zero-order chi connectivity index (χ0) is 16.4. The summed E-state index contributed by atoms with van der Waals surface area (Å²) >= 11 is 0. The molecular formula is C16H22N2O4S. The summed E-state index contributed by atoms with van der Waals surface area (Å²) in [6.45, 7) is 3.95. The Morgan fingerprint density at radius 3 is 2.35 bits per heavy atom. The Hall–Kier alpha value is -1.60. The molecule has 3 rings (SSSR count). The Labute approximate surface area is 137 Å². The molecule has 2 aliphatic heterocycles. The lowest BCUT2D eigenvalue weighted by Gasteiger charge is -2.34. The number of ether oxygens (including phenoxy) is 1. The number of sulfonamides is 1. The summed E-state index contributed by atoms with van der Waals surface area (Å²) in [7, 11) is -3.31. The molecule has 23 heavy (non-hydrogen) atoms. The van der Waals surface area contributed by atoms with E-state index in [1.165, 1.54) is 0 Å². The van der Waals surface area contributed by atoms with Gasteiger partial charge in [-0.05, 0) is 25.3 Å². The molecule has 0 aromatic heterocycles. The molecule has 126 valence electrons. The maximum absolute atomic E-state index is 12.6. The van der Waals surface area contributed by atoms with Gasteiger partial charge in [0.25, 0.3) is 0 Å². The quantitative estimate of drug-likeness (QED) is 0.839. The smallest absolute Gasteiger partial charge is 0.410 e. The first-order chi connectivity index (χ1) is 11.0. The van der Waals surface area contributed by atoms with Crippen molar-refractivity contribution in [1.29, 1.82) is 0 Å². The van der Waals surface area contributed by atoms with Crippen LogP contribution in [0.4, 0.5) is 4.79 Å². The second kappa shape index (κ2) is 6.49. The van der Waals surface area contributed by atoms with E-state index >= 15 is 0 Å². The van der Waals surface area contributed by atoms with E-state index in [0.717, 1.165) is 11.1 Å².